The molecule has 0 radical (unpaired) electrons. The van der Waals surface area contributed by atoms with E-state index in [9.17, 15) is 0 Å². The summed E-state index contributed by atoms with van der Waals surface area (Å²) >= 11 is 0. The minimum Gasteiger partial charge on any atom is -0.310 e. The number of rotatable bonds is 5. The van der Waals surface area contributed by atoms with E-state index in [-0.39, 0.29) is 0 Å². The van der Waals surface area contributed by atoms with Crippen LogP contribution in [0.3, 0.4) is 0 Å². The van der Waals surface area contributed by atoms with Gasteiger partial charge < -0.3 is 9.47 Å². The molecule has 42 heavy (non-hydrogen) atoms. The summed E-state index contributed by atoms with van der Waals surface area (Å²) < 4.78 is 2.38. The van der Waals surface area contributed by atoms with Gasteiger partial charge in [-0.05, 0) is 71.1 Å². The van der Waals surface area contributed by atoms with Crippen LogP contribution in [0.15, 0.2) is 170 Å². The molecule has 0 N–H and O–H groups in total. The Hall–Kier alpha value is -5.60. The van der Waals surface area contributed by atoms with Crippen molar-refractivity contribution in [2.45, 2.75) is 0 Å². The lowest BCUT2D eigenvalue weighted by atomic mass is 10.0. The highest BCUT2D eigenvalue weighted by molar-refractivity contribution is 6.10. The Morgan fingerprint density at radius 1 is 0.381 bits per heavy atom. The Morgan fingerprint density at radius 3 is 1.79 bits per heavy atom. The number of para-hydroxylation sites is 3. The monoisotopic (exact) mass is 536 g/mol. The molecular weight excluding hydrogens is 508 g/mol. The average molecular weight is 537 g/mol. The fraction of sp³-hybridized carbons (Fsp3) is 0. The Labute approximate surface area is 245 Å². The highest BCUT2D eigenvalue weighted by Crippen LogP contribution is 2.40. The molecule has 0 spiro atoms. The SMILES string of the molecule is c1ccc(N(c2ccc(-c3ccc4c5ccccc5n(-c5ccccc5)c4c3)cc2)c2cccc3ccccc23)cc1. The topological polar surface area (TPSA) is 8.17 Å². The van der Waals surface area contributed by atoms with Gasteiger partial charge in [-0.25, -0.2) is 0 Å². The van der Waals surface area contributed by atoms with E-state index in [4.69, 9.17) is 0 Å². The number of anilines is 3. The summed E-state index contributed by atoms with van der Waals surface area (Å²) in [5, 5.41) is 5.00. The quantitative estimate of drug-likeness (QED) is 0.212. The van der Waals surface area contributed by atoms with Gasteiger partial charge in [0.05, 0.1) is 16.7 Å². The minimum atomic E-state index is 1.13. The van der Waals surface area contributed by atoms with E-state index in [0.717, 1.165) is 11.4 Å². The smallest absolute Gasteiger partial charge is 0.0547 e. The molecule has 0 fully saturated rings. The minimum absolute atomic E-state index is 1.13. The summed E-state index contributed by atoms with van der Waals surface area (Å²) in [6.45, 7) is 0. The molecule has 0 saturated carbocycles. The third kappa shape index (κ3) is 4.05. The second kappa shape index (κ2) is 10.1. The third-order valence-corrected chi connectivity index (χ3v) is 8.17. The molecule has 0 aliphatic heterocycles. The first-order valence-corrected chi connectivity index (χ1v) is 14.4. The summed E-state index contributed by atoms with van der Waals surface area (Å²) in [7, 11) is 0. The maximum Gasteiger partial charge on any atom is 0.0547 e. The predicted octanol–water partition coefficient (Wildman–Crippen LogP) is 11.1. The highest BCUT2D eigenvalue weighted by Gasteiger charge is 2.16. The van der Waals surface area contributed by atoms with Crippen molar-refractivity contribution in [3.8, 4) is 16.8 Å². The van der Waals surface area contributed by atoms with Gasteiger partial charge in [-0.15, -0.1) is 0 Å². The summed E-state index contributed by atoms with van der Waals surface area (Å²) in [6, 6.07) is 60.9. The van der Waals surface area contributed by atoms with Crippen molar-refractivity contribution >= 4 is 49.6 Å². The zero-order valence-corrected chi connectivity index (χ0v) is 23.1. The lowest BCUT2D eigenvalue weighted by Crippen LogP contribution is -2.10. The molecule has 198 valence electrons. The molecule has 0 saturated heterocycles. The molecule has 8 aromatic rings. The molecular formula is C40H28N2. The van der Waals surface area contributed by atoms with Gasteiger partial charge in [0, 0.05) is 33.2 Å². The number of aromatic nitrogens is 1. The Bertz CT molecular complexity index is 2170. The number of hydrogen-bond donors (Lipinski definition) is 0. The van der Waals surface area contributed by atoms with E-state index in [0.29, 0.717) is 0 Å². The van der Waals surface area contributed by atoms with Crippen molar-refractivity contribution in [3.05, 3.63) is 170 Å². The van der Waals surface area contributed by atoms with Gasteiger partial charge >= 0.3 is 0 Å². The fourth-order valence-electron chi connectivity index (χ4n) is 6.22. The molecule has 0 amide bonds. The van der Waals surface area contributed by atoms with Crippen LogP contribution in [0.2, 0.25) is 0 Å². The van der Waals surface area contributed by atoms with Gasteiger partial charge in [0.25, 0.3) is 0 Å². The van der Waals surface area contributed by atoms with Crippen molar-refractivity contribution < 1.29 is 0 Å². The molecule has 8 rings (SSSR count). The first-order chi connectivity index (χ1) is 20.8. The zero-order chi connectivity index (χ0) is 27.9. The first kappa shape index (κ1) is 24.2. The number of benzene rings is 7. The molecule has 7 aromatic carbocycles. The molecule has 0 aliphatic carbocycles. The van der Waals surface area contributed by atoms with E-state index < -0.39 is 0 Å². The Kier molecular flexibility index (Phi) is 5.82. The van der Waals surface area contributed by atoms with E-state index in [1.54, 1.807) is 0 Å². The summed E-state index contributed by atoms with van der Waals surface area (Å²) in [5.74, 6) is 0. The summed E-state index contributed by atoms with van der Waals surface area (Å²) in [4.78, 5) is 2.35. The van der Waals surface area contributed by atoms with Crippen molar-refractivity contribution in [2.24, 2.45) is 0 Å². The third-order valence-electron chi connectivity index (χ3n) is 8.17. The summed E-state index contributed by atoms with van der Waals surface area (Å²) in [5.41, 5.74) is 9.43. The van der Waals surface area contributed by atoms with Crippen LogP contribution in [0.25, 0.3) is 49.4 Å². The molecule has 2 nitrogen and oxygen atoms in total. The van der Waals surface area contributed by atoms with Crippen LogP contribution >= 0.6 is 0 Å². The largest absolute Gasteiger partial charge is 0.310 e. The average Bonchev–Trinajstić information content (AvgIpc) is 3.40. The summed E-state index contributed by atoms with van der Waals surface area (Å²) in [6.07, 6.45) is 0. The van der Waals surface area contributed by atoms with E-state index in [2.05, 4.69) is 179 Å². The molecule has 0 aliphatic rings. The normalized spacial score (nSPS) is 11.3. The van der Waals surface area contributed by atoms with Gasteiger partial charge in [-0.3, -0.25) is 0 Å². The Balaban J connectivity index is 1.26. The maximum atomic E-state index is 2.38. The van der Waals surface area contributed by atoms with Crippen LogP contribution in [-0.2, 0) is 0 Å². The highest BCUT2D eigenvalue weighted by atomic mass is 15.1. The van der Waals surface area contributed by atoms with Crippen LogP contribution in [-0.4, -0.2) is 4.57 Å². The molecule has 0 bridgehead atoms. The lowest BCUT2D eigenvalue weighted by Gasteiger charge is -2.27. The van der Waals surface area contributed by atoms with Crippen LogP contribution in [0.5, 0.6) is 0 Å². The lowest BCUT2D eigenvalue weighted by molar-refractivity contribution is 1.18. The fourth-order valence-corrected chi connectivity index (χ4v) is 6.22. The van der Waals surface area contributed by atoms with Crippen molar-refractivity contribution in [3.63, 3.8) is 0 Å². The first-order valence-electron chi connectivity index (χ1n) is 14.4. The standard InChI is InChI=1S/C40H28N2/c1-3-14-32(15-4-1)41(38-21-11-13-30-12-7-8-18-35(30)38)34-25-22-29(23-26-34)31-24-27-37-36-19-9-10-20-39(36)42(40(37)28-31)33-16-5-2-6-17-33/h1-28H. The van der Waals surface area contributed by atoms with Gasteiger partial charge in [-0.2, -0.15) is 0 Å². The van der Waals surface area contributed by atoms with E-state index >= 15 is 0 Å². The molecule has 0 unspecified atom stereocenters. The Morgan fingerprint density at radius 2 is 0.976 bits per heavy atom. The van der Waals surface area contributed by atoms with Gasteiger partial charge in [0.15, 0.2) is 0 Å². The molecule has 0 atom stereocenters. The van der Waals surface area contributed by atoms with E-state index in [1.807, 2.05) is 0 Å². The van der Waals surface area contributed by atoms with Crippen molar-refractivity contribution in [1.82, 2.24) is 4.57 Å². The number of fused-ring (bicyclic) bond motifs is 4. The van der Waals surface area contributed by atoms with Crippen LogP contribution < -0.4 is 4.90 Å². The second-order valence-electron chi connectivity index (χ2n) is 10.6. The number of hydrogen-bond acceptors (Lipinski definition) is 1. The van der Waals surface area contributed by atoms with Gasteiger partial charge in [0.2, 0.25) is 0 Å². The van der Waals surface area contributed by atoms with E-state index in [1.165, 1.54) is 55.1 Å². The zero-order valence-electron chi connectivity index (χ0n) is 23.1. The van der Waals surface area contributed by atoms with Crippen molar-refractivity contribution in [1.29, 1.82) is 0 Å². The van der Waals surface area contributed by atoms with Crippen LogP contribution in [0.4, 0.5) is 17.1 Å². The predicted molar refractivity (Wildman–Crippen MR) is 178 cm³/mol. The van der Waals surface area contributed by atoms with Crippen LogP contribution in [0, 0.1) is 0 Å². The molecule has 2 heteroatoms. The van der Waals surface area contributed by atoms with Crippen LogP contribution in [0.1, 0.15) is 0 Å². The second-order valence-corrected chi connectivity index (χ2v) is 10.6. The molecule has 1 aromatic heterocycles. The van der Waals surface area contributed by atoms with Gasteiger partial charge in [-0.1, -0.05) is 115 Å². The maximum absolute atomic E-state index is 2.38. The van der Waals surface area contributed by atoms with Crippen molar-refractivity contribution in [2.75, 3.05) is 4.90 Å². The number of nitrogens with zero attached hydrogens (tertiary/aromatic N) is 2. The molecule has 1 heterocycles. The van der Waals surface area contributed by atoms with Gasteiger partial charge in [0.1, 0.15) is 0 Å².